The van der Waals surface area contributed by atoms with Gasteiger partial charge in [-0.3, -0.25) is 4.79 Å². The maximum Gasteiger partial charge on any atom is 0.513 e. The predicted molar refractivity (Wildman–Crippen MR) is 110 cm³/mol. The number of halogens is 5. The standard InChI is InChI=1S/C22H21F5NO5P/c1-11(22(29)31-14-3-2-4-14)28-34(30,32-15-9-7-13(8-10-15)12-5-6-12)33-21-19(26)17(24)16(23)18(25)20(21)27/h7-12,14H,2-6H2,1H3,(H,28,30)/t11-,34?/m0/s1. The topological polar surface area (TPSA) is 73.9 Å². The first-order valence-corrected chi connectivity index (χ1v) is 12.2. The Labute approximate surface area is 192 Å². The zero-order valence-electron chi connectivity index (χ0n) is 18.0. The lowest BCUT2D eigenvalue weighted by atomic mass is 9.96. The molecule has 0 aromatic heterocycles. The van der Waals surface area contributed by atoms with Crippen molar-refractivity contribution >= 4 is 13.7 Å². The molecular formula is C22H21F5NO5P. The predicted octanol–water partition coefficient (Wildman–Crippen LogP) is 5.90. The number of esters is 1. The average Bonchev–Trinajstić information content (AvgIpc) is 3.62. The molecular weight excluding hydrogens is 484 g/mol. The molecule has 0 spiro atoms. The van der Waals surface area contributed by atoms with Crippen LogP contribution in [0.4, 0.5) is 22.0 Å². The minimum atomic E-state index is -4.93. The fourth-order valence-corrected chi connectivity index (χ4v) is 4.78. The molecule has 2 aliphatic carbocycles. The number of hydrogen-bond donors (Lipinski definition) is 1. The van der Waals surface area contributed by atoms with Crippen LogP contribution in [-0.4, -0.2) is 18.1 Å². The number of benzene rings is 2. The lowest BCUT2D eigenvalue weighted by Crippen LogP contribution is -2.39. The summed E-state index contributed by atoms with van der Waals surface area (Å²) in [7, 11) is -4.93. The van der Waals surface area contributed by atoms with Crippen molar-refractivity contribution in [1.29, 1.82) is 0 Å². The number of ether oxygens (including phenoxy) is 1. The van der Waals surface area contributed by atoms with Gasteiger partial charge in [-0.25, -0.2) is 17.7 Å². The van der Waals surface area contributed by atoms with Crippen molar-refractivity contribution in [2.45, 2.75) is 57.1 Å². The Balaban J connectivity index is 1.61. The monoisotopic (exact) mass is 505 g/mol. The summed E-state index contributed by atoms with van der Waals surface area (Å²) in [4.78, 5) is 12.3. The molecule has 2 aromatic rings. The molecule has 2 fully saturated rings. The fourth-order valence-electron chi connectivity index (χ4n) is 3.26. The van der Waals surface area contributed by atoms with Crippen molar-refractivity contribution in [3.8, 4) is 11.5 Å². The van der Waals surface area contributed by atoms with E-state index in [1.54, 1.807) is 12.1 Å². The van der Waals surface area contributed by atoms with Crippen LogP contribution in [0.5, 0.6) is 11.5 Å². The van der Waals surface area contributed by atoms with E-state index in [-0.39, 0.29) is 11.9 Å². The van der Waals surface area contributed by atoms with Crippen LogP contribution in [0, 0.1) is 29.1 Å². The summed E-state index contributed by atoms with van der Waals surface area (Å²) >= 11 is 0. The third kappa shape index (κ3) is 5.20. The van der Waals surface area contributed by atoms with Gasteiger partial charge in [-0.1, -0.05) is 12.1 Å². The van der Waals surface area contributed by atoms with E-state index in [9.17, 15) is 31.3 Å². The van der Waals surface area contributed by atoms with E-state index >= 15 is 0 Å². The lowest BCUT2D eigenvalue weighted by molar-refractivity contribution is -0.154. The normalized spacial score (nSPS) is 18.5. The number of carbonyl (C=O) groups excluding carboxylic acids is 1. The van der Waals surface area contributed by atoms with Crippen LogP contribution in [-0.2, 0) is 14.1 Å². The summed E-state index contributed by atoms with van der Waals surface area (Å²) in [5.74, 6) is -14.0. The molecule has 0 bridgehead atoms. The molecule has 184 valence electrons. The Morgan fingerprint density at radius 2 is 1.47 bits per heavy atom. The van der Waals surface area contributed by atoms with Crippen molar-refractivity contribution in [3.05, 3.63) is 58.9 Å². The smallest absolute Gasteiger partial charge is 0.461 e. The highest BCUT2D eigenvalue weighted by atomic mass is 31.2. The Morgan fingerprint density at radius 1 is 0.912 bits per heavy atom. The van der Waals surface area contributed by atoms with Crippen LogP contribution in [0.3, 0.4) is 0 Å². The van der Waals surface area contributed by atoms with Gasteiger partial charge >= 0.3 is 13.7 Å². The van der Waals surface area contributed by atoms with Crippen molar-refractivity contribution in [2.75, 3.05) is 0 Å². The van der Waals surface area contributed by atoms with Gasteiger partial charge in [0.1, 0.15) is 17.9 Å². The summed E-state index contributed by atoms with van der Waals surface area (Å²) in [6.45, 7) is 1.23. The van der Waals surface area contributed by atoms with Crippen molar-refractivity contribution in [3.63, 3.8) is 0 Å². The SMILES string of the molecule is C[C@H](NP(=O)(Oc1ccc(C2CC2)cc1)Oc1c(F)c(F)c(F)c(F)c1F)C(=O)OC1CCC1. The molecule has 0 aliphatic heterocycles. The Hall–Kier alpha value is -2.65. The first-order chi connectivity index (χ1) is 16.1. The second kappa shape index (κ2) is 9.54. The summed E-state index contributed by atoms with van der Waals surface area (Å²) in [6, 6.07) is 4.84. The Morgan fingerprint density at radius 3 is 1.97 bits per heavy atom. The maximum atomic E-state index is 14.2. The van der Waals surface area contributed by atoms with Gasteiger partial charge in [-0.15, -0.1) is 0 Å². The largest absolute Gasteiger partial charge is 0.513 e. The first kappa shape index (κ1) is 24.5. The van der Waals surface area contributed by atoms with Crippen molar-refractivity contribution in [2.24, 2.45) is 0 Å². The lowest BCUT2D eigenvalue weighted by Gasteiger charge is -2.28. The van der Waals surface area contributed by atoms with E-state index in [0.717, 1.165) is 24.8 Å². The molecule has 0 radical (unpaired) electrons. The first-order valence-electron chi connectivity index (χ1n) is 10.7. The Kier molecular flexibility index (Phi) is 6.87. The minimum Gasteiger partial charge on any atom is -0.461 e. The van der Waals surface area contributed by atoms with Crippen LogP contribution in [0.2, 0.25) is 0 Å². The molecule has 0 heterocycles. The molecule has 4 rings (SSSR count). The highest BCUT2D eigenvalue weighted by molar-refractivity contribution is 7.52. The van der Waals surface area contributed by atoms with Gasteiger partial charge in [0.05, 0.1) is 0 Å². The number of rotatable bonds is 9. The molecule has 1 N–H and O–H groups in total. The Bertz CT molecular complexity index is 1110. The summed E-state index contributed by atoms with van der Waals surface area (Å²) < 4.78 is 97.8. The van der Waals surface area contributed by atoms with Gasteiger partial charge in [-0.2, -0.15) is 13.9 Å². The quantitative estimate of drug-likeness (QED) is 0.150. The third-order valence-corrected chi connectivity index (χ3v) is 7.15. The second-order valence-corrected chi connectivity index (χ2v) is 9.88. The zero-order chi connectivity index (χ0) is 24.6. The highest BCUT2D eigenvalue weighted by Gasteiger charge is 2.39. The van der Waals surface area contributed by atoms with Crippen molar-refractivity contribution < 1.29 is 45.1 Å². The summed E-state index contributed by atoms with van der Waals surface area (Å²) in [6.07, 6.45) is 3.90. The van der Waals surface area contributed by atoms with Crippen LogP contribution in [0.25, 0.3) is 0 Å². The van der Waals surface area contributed by atoms with Gasteiger partial charge in [0, 0.05) is 0 Å². The van der Waals surface area contributed by atoms with Crippen molar-refractivity contribution in [1.82, 2.24) is 5.09 Å². The van der Waals surface area contributed by atoms with Gasteiger partial charge in [0.25, 0.3) is 0 Å². The number of nitrogens with one attached hydrogen (secondary N) is 1. The molecule has 2 atom stereocenters. The van der Waals surface area contributed by atoms with Crippen LogP contribution in [0.15, 0.2) is 24.3 Å². The highest BCUT2D eigenvalue weighted by Crippen LogP contribution is 2.48. The molecule has 0 amide bonds. The molecule has 0 saturated heterocycles. The van der Waals surface area contributed by atoms with E-state index < -0.39 is 54.6 Å². The summed E-state index contributed by atoms with van der Waals surface area (Å²) in [5.41, 5.74) is 0.994. The van der Waals surface area contributed by atoms with E-state index in [4.69, 9.17) is 13.8 Å². The van der Waals surface area contributed by atoms with Crippen LogP contribution < -0.4 is 14.1 Å². The van der Waals surface area contributed by atoms with Crippen LogP contribution >= 0.6 is 7.75 Å². The van der Waals surface area contributed by atoms with Gasteiger partial charge < -0.3 is 13.8 Å². The van der Waals surface area contributed by atoms with E-state index in [2.05, 4.69) is 5.09 Å². The summed E-state index contributed by atoms with van der Waals surface area (Å²) in [5, 5.41) is 2.17. The van der Waals surface area contributed by atoms with E-state index in [0.29, 0.717) is 18.8 Å². The van der Waals surface area contributed by atoms with Crippen LogP contribution in [0.1, 0.15) is 50.5 Å². The average molecular weight is 505 g/mol. The zero-order valence-corrected chi connectivity index (χ0v) is 18.8. The fraction of sp³-hybridized carbons (Fsp3) is 0.409. The molecule has 2 aromatic carbocycles. The molecule has 1 unspecified atom stereocenters. The van der Waals surface area contributed by atoms with Gasteiger partial charge in [0.15, 0.2) is 0 Å². The molecule has 34 heavy (non-hydrogen) atoms. The molecule has 6 nitrogen and oxygen atoms in total. The minimum absolute atomic E-state index is 0.0799. The number of carbonyl (C=O) groups is 1. The van der Waals surface area contributed by atoms with E-state index in [1.165, 1.54) is 19.1 Å². The maximum absolute atomic E-state index is 14.2. The molecule has 2 aliphatic rings. The molecule has 12 heteroatoms. The van der Waals surface area contributed by atoms with Gasteiger partial charge in [0.2, 0.25) is 34.8 Å². The van der Waals surface area contributed by atoms with E-state index in [1.807, 2.05) is 0 Å². The molecule has 2 saturated carbocycles. The second-order valence-electron chi connectivity index (χ2n) is 8.26. The van der Waals surface area contributed by atoms with Gasteiger partial charge in [-0.05, 0) is 62.6 Å². The number of hydrogen-bond acceptors (Lipinski definition) is 5. The third-order valence-electron chi connectivity index (χ3n) is 5.58.